The highest BCUT2D eigenvalue weighted by atomic mass is 16.6. The lowest BCUT2D eigenvalue weighted by Gasteiger charge is -2.37. The molecule has 1 heterocycles. The SMILES string of the molecule is COCCCOc1cc(C[C@@H](CC2C(C[C@H](C=O)C(C)C)OC(C)(C)N2C(=O)OC(C)(C)C)C(C)C)ccc1OC. The van der Waals surface area contributed by atoms with Crippen LogP contribution in [0.3, 0.4) is 0 Å². The number of hydrogen-bond acceptors (Lipinski definition) is 7. The standard InChI is InChI=1S/C33H55NO7/c1-22(2)25(17-24-13-14-28(38-11)30(18-24)39-16-12-15-37-10)19-27-29(20-26(21-35)23(3)4)40-33(8,9)34(27)31(36)41-32(5,6)7/h13-14,18,21-23,25-27,29H,12,15-17,19-20H2,1-11H3/t25-,26+,27?,29?/m0/s1. The van der Waals surface area contributed by atoms with Crippen LogP contribution in [0.4, 0.5) is 4.79 Å². The zero-order chi connectivity index (χ0) is 31.0. The summed E-state index contributed by atoms with van der Waals surface area (Å²) in [6.45, 7) is 19.1. The van der Waals surface area contributed by atoms with Crippen molar-refractivity contribution in [3.8, 4) is 11.5 Å². The molecule has 1 aromatic rings. The van der Waals surface area contributed by atoms with E-state index in [0.29, 0.717) is 43.5 Å². The monoisotopic (exact) mass is 577 g/mol. The molecule has 1 saturated heterocycles. The Morgan fingerprint density at radius 2 is 1.73 bits per heavy atom. The fraction of sp³-hybridized carbons (Fsp3) is 0.758. The van der Waals surface area contributed by atoms with Crippen molar-refractivity contribution in [3.63, 3.8) is 0 Å². The molecular formula is C33H55NO7. The van der Waals surface area contributed by atoms with Gasteiger partial charge in [0.15, 0.2) is 11.5 Å². The molecule has 1 amide bonds. The third-order valence-corrected chi connectivity index (χ3v) is 7.87. The van der Waals surface area contributed by atoms with E-state index in [2.05, 4.69) is 39.8 Å². The first kappa shape index (κ1) is 34.9. The van der Waals surface area contributed by atoms with E-state index in [1.165, 1.54) is 0 Å². The third kappa shape index (κ3) is 10.2. The van der Waals surface area contributed by atoms with E-state index in [-0.39, 0.29) is 36.0 Å². The van der Waals surface area contributed by atoms with Crippen LogP contribution in [-0.2, 0) is 25.4 Å². The molecule has 2 unspecified atom stereocenters. The van der Waals surface area contributed by atoms with Crippen LogP contribution < -0.4 is 9.47 Å². The number of carbonyl (C=O) groups excluding carboxylic acids is 2. The number of ether oxygens (including phenoxy) is 5. The van der Waals surface area contributed by atoms with E-state index in [9.17, 15) is 9.59 Å². The summed E-state index contributed by atoms with van der Waals surface area (Å²) in [7, 11) is 3.32. The summed E-state index contributed by atoms with van der Waals surface area (Å²) in [5.74, 6) is 2.00. The molecule has 2 rings (SSSR count). The van der Waals surface area contributed by atoms with Crippen LogP contribution in [0.15, 0.2) is 18.2 Å². The predicted octanol–water partition coefficient (Wildman–Crippen LogP) is 6.92. The molecule has 4 atom stereocenters. The average Bonchev–Trinajstić information content (AvgIpc) is 3.12. The predicted molar refractivity (Wildman–Crippen MR) is 161 cm³/mol. The summed E-state index contributed by atoms with van der Waals surface area (Å²) < 4.78 is 29.1. The number of nitrogens with zero attached hydrogens (tertiary/aromatic N) is 1. The highest BCUT2D eigenvalue weighted by Crippen LogP contribution is 2.41. The zero-order valence-corrected chi connectivity index (χ0v) is 27.3. The summed E-state index contributed by atoms with van der Waals surface area (Å²) in [6.07, 6.45) is 3.21. The Labute approximate surface area is 248 Å². The van der Waals surface area contributed by atoms with Gasteiger partial charge in [-0.2, -0.15) is 0 Å². The molecule has 8 heteroatoms. The first-order chi connectivity index (χ1) is 19.1. The Morgan fingerprint density at radius 1 is 1.05 bits per heavy atom. The van der Waals surface area contributed by atoms with Gasteiger partial charge in [-0.1, -0.05) is 33.8 Å². The van der Waals surface area contributed by atoms with Crippen molar-refractivity contribution >= 4 is 12.4 Å². The molecule has 0 aliphatic carbocycles. The molecule has 0 aromatic heterocycles. The van der Waals surface area contributed by atoms with Gasteiger partial charge in [0.25, 0.3) is 0 Å². The first-order valence-electron chi connectivity index (χ1n) is 15.1. The molecule has 0 radical (unpaired) electrons. The minimum Gasteiger partial charge on any atom is -0.493 e. The van der Waals surface area contributed by atoms with Crippen LogP contribution in [0.5, 0.6) is 11.5 Å². The molecule has 1 fully saturated rings. The van der Waals surface area contributed by atoms with E-state index in [1.54, 1.807) is 19.1 Å². The Kier molecular flexibility index (Phi) is 13.0. The maximum Gasteiger partial charge on any atom is 0.412 e. The molecule has 234 valence electrons. The van der Waals surface area contributed by atoms with E-state index in [0.717, 1.165) is 24.7 Å². The molecule has 0 spiro atoms. The number of methoxy groups -OCH3 is 2. The second kappa shape index (κ2) is 15.2. The Bertz CT molecular complexity index is 969. The molecule has 0 bridgehead atoms. The molecule has 8 nitrogen and oxygen atoms in total. The van der Waals surface area contributed by atoms with E-state index >= 15 is 0 Å². The zero-order valence-electron chi connectivity index (χ0n) is 27.3. The van der Waals surface area contributed by atoms with Crippen LogP contribution in [0.2, 0.25) is 0 Å². The largest absolute Gasteiger partial charge is 0.493 e. The summed E-state index contributed by atoms with van der Waals surface area (Å²) in [6, 6.07) is 5.85. The molecule has 0 saturated carbocycles. The van der Waals surface area contributed by atoms with Crippen LogP contribution in [-0.4, -0.2) is 68.2 Å². The number of amides is 1. The van der Waals surface area contributed by atoms with Gasteiger partial charge in [0.1, 0.15) is 17.6 Å². The molecule has 1 aromatic carbocycles. The number of aldehydes is 1. The second-order valence-electron chi connectivity index (χ2n) is 13.4. The summed E-state index contributed by atoms with van der Waals surface area (Å²) in [5.41, 5.74) is -0.371. The quantitative estimate of drug-likeness (QED) is 0.165. The number of carbonyl (C=O) groups is 2. The lowest BCUT2D eigenvalue weighted by molar-refractivity contribution is -0.115. The smallest absolute Gasteiger partial charge is 0.412 e. The summed E-state index contributed by atoms with van der Waals surface area (Å²) >= 11 is 0. The maximum absolute atomic E-state index is 13.6. The van der Waals surface area contributed by atoms with Gasteiger partial charge in [-0.15, -0.1) is 0 Å². The fourth-order valence-corrected chi connectivity index (χ4v) is 5.50. The van der Waals surface area contributed by atoms with Gasteiger partial charge in [0, 0.05) is 26.1 Å². The highest BCUT2D eigenvalue weighted by molar-refractivity contribution is 5.70. The van der Waals surface area contributed by atoms with Gasteiger partial charge in [-0.05, 0) is 89.3 Å². The molecule has 41 heavy (non-hydrogen) atoms. The molecule has 1 aliphatic heterocycles. The third-order valence-electron chi connectivity index (χ3n) is 7.87. The van der Waals surface area contributed by atoms with Gasteiger partial charge < -0.3 is 28.5 Å². The number of rotatable bonds is 15. The normalized spacial score (nSPS) is 20.3. The van der Waals surface area contributed by atoms with Gasteiger partial charge in [0.2, 0.25) is 0 Å². The highest BCUT2D eigenvalue weighted by Gasteiger charge is 2.52. The number of hydrogen-bond donors (Lipinski definition) is 0. The molecule has 1 aliphatic rings. The Balaban J connectivity index is 2.39. The Morgan fingerprint density at radius 3 is 2.27 bits per heavy atom. The van der Waals surface area contributed by atoms with Gasteiger partial charge in [0.05, 0.1) is 25.9 Å². The van der Waals surface area contributed by atoms with Gasteiger partial charge in [-0.3, -0.25) is 4.90 Å². The van der Waals surface area contributed by atoms with Crippen molar-refractivity contribution in [3.05, 3.63) is 23.8 Å². The first-order valence-corrected chi connectivity index (χ1v) is 15.1. The van der Waals surface area contributed by atoms with E-state index < -0.39 is 11.3 Å². The van der Waals surface area contributed by atoms with Crippen LogP contribution in [0.1, 0.15) is 87.1 Å². The minimum atomic E-state index is -0.868. The van der Waals surface area contributed by atoms with Crippen LogP contribution in [0.25, 0.3) is 0 Å². The van der Waals surface area contributed by atoms with Gasteiger partial charge in [-0.25, -0.2) is 4.79 Å². The van der Waals surface area contributed by atoms with Crippen molar-refractivity contribution in [1.29, 1.82) is 0 Å². The minimum absolute atomic E-state index is 0.159. The lowest BCUT2D eigenvalue weighted by Crippen LogP contribution is -2.51. The van der Waals surface area contributed by atoms with Crippen molar-refractivity contribution in [2.45, 2.75) is 111 Å². The van der Waals surface area contributed by atoms with Crippen LogP contribution >= 0.6 is 0 Å². The molecule has 0 N–H and O–H groups in total. The van der Waals surface area contributed by atoms with Crippen molar-refractivity contribution in [2.75, 3.05) is 27.4 Å². The average molecular weight is 578 g/mol. The lowest BCUT2D eigenvalue weighted by atomic mass is 9.80. The van der Waals surface area contributed by atoms with Crippen LogP contribution in [0, 0.1) is 23.7 Å². The second-order valence-corrected chi connectivity index (χ2v) is 13.4. The van der Waals surface area contributed by atoms with Crippen molar-refractivity contribution < 1.29 is 33.3 Å². The maximum atomic E-state index is 13.6. The van der Waals surface area contributed by atoms with Gasteiger partial charge >= 0.3 is 6.09 Å². The Hall–Kier alpha value is -2.32. The van der Waals surface area contributed by atoms with E-state index in [4.69, 9.17) is 23.7 Å². The fourth-order valence-electron chi connectivity index (χ4n) is 5.50. The topological polar surface area (TPSA) is 83.5 Å². The number of benzene rings is 1. The van der Waals surface area contributed by atoms with Crippen molar-refractivity contribution in [2.24, 2.45) is 23.7 Å². The summed E-state index contributed by atoms with van der Waals surface area (Å²) in [5, 5.41) is 0. The van der Waals surface area contributed by atoms with Crippen molar-refractivity contribution in [1.82, 2.24) is 4.90 Å². The van der Waals surface area contributed by atoms with E-state index in [1.807, 2.05) is 40.7 Å². The summed E-state index contributed by atoms with van der Waals surface area (Å²) in [4.78, 5) is 27.4. The molecular weight excluding hydrogens is 522 g/mol.